The summed E-state index contributed by atoms with van der Waals surface area (Å²) >= 11 is 0. The molecule has 1 aromatic rings. The Hall–Kier alpha value is -2.48. The summed E-state index contributed by atoms with van der Waals surface area (Å²) in [6.45, 7) is 5.06. The van der Waals surface area contributed by atoms with Crippen LogP contribution in [0.2, 0.25) is 0 Å². The number of carbonyl (C=O) groups is 2. The predicted octanol–water partition coefficient (Wildman–Crippen LogP) is 1.54. The number of amides is 1. The van der Waals surface area contributed by atoms with E-state index in [4.69, 9.17) is 16.3 Å². The van der Waals surface area contributed by atoms with Crippen LogP contribution in [0.4, 0.5) is 0 Å². The largest absolute Gasteiger partial charge is 0.483 e. The fraction of sp³-hybridized carbons (Fsp3) is 0.375. The maximum Gasteiger partial charge on any atom is 0.323 e. The zero-order valence-corrected chi connectivity index (χ0v) is 12.5. The molecular weight excluding hydrogens is 270 g/mol. The molecule has 1 N–H and O–H groups in total. The highest BCUT2D eigenvalue weighted by molar-refractivity contribution is 5.82. The van der Waals surface area contributed by atoms with Gasteiger partial charge in [0.15, 0.2) is 6.61 Å². The maximum atomic E-state index is 12.0. The number of aryl methyl sites for hydroxylation is 3. The van der Waals surface area contributed by atoms with Crippen molar-refractivity contribution in [3.05, 3.63) is 28.8 Å². The van der Waals surface area contributed by atoms with Gasteiger partial charge in [-0.2, -0.15) is 0 Å². The first-order valence-corrected chi connectivity index (χ1v) is 6.48. The first-order chi connectivity index (χ1) is 9.85. The summed E-state index contributed by atoms with van der Waals surface area (Å²) in [5.41, 5.74) is 2.98. The van der Waals surface area contributed by atoms with Crippen molar-refractivity contribution in [3.8, 4) is 18.1 Å². The van der Waals surface area contributed by atoms with Crippen molar-refractivity contribution in [3.63, 3.8) is 0 Å². The topological polar surface area (TPSA) is 66.8 Å². The summed E-state index contributed by atoms with van der Waals surface area (Å²) in [7, 11) is 0. The van der Waals surface area contributed by atoms with Gasteiger partial charge >= 0.3 is 5.97 Å². The standard InChI is InChI=1S/C16H19NO4/c1-5-6-17(9-15(19)20)14(18)10-21-16-12(3)7-11(2)8-13(16)4/h1,7-8H,6,9-10H2,2-4H3,(H,19,20). The van der Waals surface area contributed by atoms with E-state index in [1.54, 1.807) is 0 Å². The summed E-state index contributed by atoms with van der Waals surface area (Å²) < 4.78 is 5.54. The average molecular weight is 289 g/mol. The van der Waals surface area contributed by atoms with Crippen LogP contribution in [-0.2, 0) is 9.59 Å². The summed E-state index contributed by atoms with van der Waals surface area (Å²) in [6.07, 6.45) is 5.14. The van der Waals surface area contributed by atoms with Crippen LogP contribution in [0, 0.1) is 33.1 Å². The number of rotatable bonds is 6. The lowest BCUT2D eigenvalue weighted by Gasteiger charge is -2.19. The Kier molecular flexibility index (Phi) is 5.79. The minimum absolute atomic E-state index is 0.0552. The zero-order chi connectivity index (χ0) is 16.0. The third-order valence-corrected chi connectivity index (χ3v) is 2.91. The van der Waals surface area contributed by atoms with Crippen molar-refractivity contribution in [2.24, 2.45) is 0 Å². The number of carboxylic acids is 1. The molecule has 0 saturated carbocycles. The number of benzene rings is 1. The molecule has 112 valence electrons. The molecule has 1 amide bonds. The number of hydrogen-bond acceptors (Lipinski definition) is 3. The molecule has 0 unspecified atom stereocenters. The van der Waals surface area contributed by atoms with E-state index in [2.05, 4.69) is 5.92 Å². The Morgan fingerprint density at radius 3 is 2.33 bits per heavy atom. The lowest BCUT2D eigenvalue weighted by molar-refractivity contribution is -0.144. The second-order valence-electron chi connectivity index (χ2n) is 4.86. The average Bonchev–Trinajstić information content (AvgIpc) is 2.36. The van der Waals surface area contributed by atoms with Crippen molar-refractivity contribution in [1.82, 2.24) is 4.90 Å². The molecule has 0 heterocycles. The minimum atomic E-state index is -1.11. The second kappa shape index (κ2) is 7.34. The summed E-state index contributed by atoms with van der Waals surface area (Å²) in [5.74, 6) is 1.35. The van der Waals surface area contributed by atoms with E-state index < -0.39 is 18.4 Å². The van der Waals surface area contributed by atoms with Crippen molar-refractivity contribution in [2.75, 3.05) is 19.7 Å². The van der Waals surface area contributed by atoms with Gasteiger partial charge in [-0.05, 0) is 31.9 Å². The summed E-state index contributed by atoms with van der Waals surface area (Å²) in [6, 6.07) is 3.92. The lowest BCUT2D eigenvalue weighted by atomic mass is 10.1. The normalized spacial score (nSPS) is 9.81. The first kappa shape index (κ1) is 16.6. The van der Waals surface area contributed by atoms with E-state index in [0.29, 0.717) is 5.75 Å². The van der Waals surface area contributed by atoms with Gasteiger partial charge in [0, 0.05) is 0 Å². The van der Waals surface area contributed by atoms with Gasteiger partial charge in [0.1, 0.15) is 12.3 Å². The van der Waals surface area contributed by atoms with E-state index in [1.807, 2.05) is 32.9 Å². The molecule has 0 aromatic heterocycles. The van der Waals surface area contributed by atoms with Gasteiger partial charge in [0.25, 0.3) is 5.91 Å². The molecule has 0 radical (unpaired) electrons. The highest BCUT2D eigenvalue weighted by Gasteiger charge is 2.17. The molecule has 0 atom stereocenters. The van der Waals surface area contributed by atoms with Crippen LogP contribution in [0.15, 0.2) is 12.1 Å². The Labute approximate surface area is 124 Å². The van der Waals surface area contributed by atoms with Crippen LogP contribution >= 0.6 is 0 Å². The SMILES string of the molecule is C#CCN(CC(=O)O)C(=O)COc1c(C)cc(C)cc1C. The number of ether oxygens (including phenoxy) is 1. The molecule has 5 nitrogen and oxygen atoms in total. The summed E-state index contributed by atoms with van der Waals surface area (Å²) in [5, 5.41) is 8.76. The monoisotopic (exact) mass is 289 g/mol. The Morgan fingerprint density at radius 1 is 1.29 bits per heavy atom. The lowest BCUT2D eigenvalue weighted by Crippen LogP contribution is -2.39. The second-order valence-corrected chi connectivity index (χ2v) is 4.86. The summed E-state index contributed by atoms with van der Waals surface area (Å²) in [4.78, 5) is 23.7. The van der Waals surface area contributed by atoms with Gasteiger partial charge in [-0.1, -0.05) is 23.6 Å². The molecule has 21 heavy (non-hydrogen) atoms. The van der Waals surface area contributed by atoms with E-state index in [-0.39, 0.29) is 13.2 Å². The van der Waals surface area contributed by atoms with Gasteiger partial charge in [0.2, 0.25) is 0 Å². The fourth-order valence-electron chi connectivity index (χ4n) is 2.13. The van der Waals surface area contributed by atoms with Crippen LogP contribution in [-0.4, -0.2) is 41.6 Å². The van der Waals surface area contributed by atoms with Gasteiger partial charge < -0.3 is 14.7 Å². The van der Waals surface area contributed by atoms with Crippen LogP contribution in [0.1, 0.15) is 16.7 Å². The molecule has 0 aliphatic heterocycles. The quantitative estimate of drug-likeness (QED) is 0.807. The molecule has 1 rings (SSSR count). The van der Waals surface area contributed by atoms with Crippen molar-refractivity contribution >= 4 is 11.9 Å². The van der Waals surface area contributed by atoms with Crippen LogP contribution in [0.25, 0.3) is 0 Å². The minimum Gasteiger partial charge on any atom is -0.483 e. The van der Waals surface area contributed by atoms with E-state index in [9.17, 15) is 9.59 Å². The molecule has 0 aliphatic carbocycles. The smallest absolute Gasteiger partial charge is 0.323 e. The fourth-order valence-corrected chi connectivity index (χ4v) is 2.13. The number of aliphatic carboxylic acids is 1. The Balaban J connectivity index is 2.76. The predicted molar refractivity (Wildman–Crippen MR) is 79.2 cm³/mol. The molecule has 1 aromatic carbocycles. The van der Waals surface area contributed by atoms with Crippen LogP contribution in [0.3, 0.4) is 0 Å². The van der Waals surface area contributed by atoms with Crippen molar-refractivity contribution in [2.45, 2.75) is 20.8 Å². The number of nitrogens with zero attached hydrogens (tertiary/aromatic N) is 1. The molecule has 5 heteroatoms. The first-order valence-electron chi connectivity index (χ1n) is 6.48. The molecule has 0 bridgehead atoms. The van der Waals surface area contributed by atoms with E-state index in [0.717, 1.165) is 21.6 Å². The molecular formula is C16H19NO4. The van der Waals surface area contributed by atoms with Gasteiger partial charge in [-0.25, -0.2) is 0 Å². The number of terminal acetylenes is 1. The van der Waals surface area contributed by atoms with Gasteiger partial charge in [0.05, 0.1) is 6.54 Å². The Bertz CT molecular complexity index is 563. The van der Waals surface area contributed by atoms with Gasteiger partial charge in [-0.15, -0.1) is 6.42 Å². The molecule has 0 aliphatic rings. The molecule has 0 fully saturated rings. The van der Waals surface area contributed by atoms with Gasteiger partial charge in [-0.3, -0.25) is 9.59 Å². The van der Waals surface area contributed by atoms with E-state index >= 15 is 0 Å². The van der Waals surface area contributed by atoms with Crippen molar-refractivity contribution < 1.29 is 19.4 Å². The third-order valence-electron chi connectivity index (χ3n) is 2.91. The molecule has 0 saturated heterocycles. The number of carbonyl (C=O) groups excluding carboxylic acids is 1. The Morgan fingerprint density at radius 2 is 1.86 bits per heavy atom. The highest BCUT2D eigenvalue weighted by Crippen LogP contribution is 2.24. The third kappa shape index (κ3) is 4.84. The van der Waals surface area contributed by atoms with Crippen molar-refractivity contribution in [1.29, 1.82) is 0 Å². The van der Waals surface area contributed by atoms with Crippen LogP contribution in [0.5, 0.6) is 5.75 Å². The van der Waals surface area contributed by atoms with E-state index in [1.165, 1.54) is 0 Å². The highest BCUT2D eigenvalue weighted by atomic mass is 16.5. The molecule has 0 spiro atoms. The zero-order valence-electron chi connectivity index (χ0n) is 12.5. The maximum absolute atomic E-state index is 12.0. The number of carboxylic acid groups (broad SMARTS) is 1. The van der Waals surface area contributed by atoms with Crippen LogP contribution < -0.4 is 4.74 Å². The number of hydrogen-bond donors (Lipinski definition) is 1.